The number of hydrogen-bond acceptors (Lipinski definition) is 4. The molecule has 0 bridgehead atoms. The summed E-state index contributed by atoms with van der Waals surface area (Å²) in [5, 5.41) is 3.06. The molecular weight excluding hydrogens is 226 g/mol. The second kappa shape index (κ2) is 6.12. The first-order valence-electron chi connectivity index (χ1n) is 5.93. The lowest BCUT2D eigenvalue weighted by atomic mass is 10.1. The lowest BCUT2D eigenvalue weighted by Gasteiger charge is -2.07. The maximum Gasteiger partial charge on any atom is 0.133 e. The van der Waals surface area contributed by atoms with Crippen molar-refractivity contribution in [2.45, 2.75) is 6.42 Å². The van der Waals surface area contributed by atoms with Crippen molar-refractivity contribution in [3.63, 3.8) is 0 Å². The summed E-state index contributed by atoms with van der Waals surface area (Å²) < 4.78 is 5.06. The van der Waals surface area contributed by atoms with E-state index in [1.807, 2.05) is 43.4 Å². The Kier molecular flexibility index (Phi) is 4.25. The van der Waals surface area contributed by atoms with Gasteiger partial charge in [-0.25, -0.2) is 9.97 Å². The summed E-state index contributed by atoms with van der Waals surface area (Å²) in [5.41, 5.74) is 2.02. The van der Waals surface area contributed by atoms with Crippen LogP contribution in [-0.4, -0.2) is 30.7 Å². The monoisotopic (exact) mass is 243 g/mol. The van der Waals surface area contributed by atoms with E-state index >= 15 is 0 Å². The van der Waals surface area contributed by atoms with Crippen molar-refractivity contribution < 1.29 is 4.74 Å². The van der Waals surface area contributed by atoms with E-state index < -0.39 is 0 Å². The average molecular weight is 243 g/mol. The second-order valence-electron chi connectivity index (χ2n) is 3.91. The van der Waals surface area contributed by atoms with Crippen LogP contribution in [0.3, 0.4) is 0 Å². The predicted molar refractivity (Wildman–Crippen MR) is 72.6 cm³/mol. The molecule has 0 aliphatic rings. The largest absolute Gasteiger partial charge is 0.384 e. The smallest absolute Gasteiger partial charge is 0.133 e. The van der Waals surface area contributed by atoms with Crippen molar-refractivity contribution in [3.8, 4) is 11.3 Å². The number of methoxy groups -OCH3 is 1. The normalized spacial score (nSPS) is 10.3. The van der Waals surface area contributed by atoms with Gasteiger partial charge < -0.3 is 10.1 Å². The first kappa shape index (κ1) is 12.5. The first-order valence-corrected chi connectivity index (χ1v) is 5.93. The number of anilines is 1. The van der Waals surface area contributed by atoms with Crippen molar-refractivity contribution in [1.29, 1.82) is 0 Å². The summed E-state index contributed by atoms with van der Waals surface area (Å²) in [6, 6.07) is 12.0. The molecule has 0 saturated heterocycles. The molecular formula is C14H17N3O. The third kappa shape index (κ3) is 3.05. The lowest BCUT2D eigenvalue weighted by Crippen LogP contribution is -2.04. The van der Waals surface area contributed by atoms with Crippen LogP contribution in [0.25, 0.3) is 11.3 Å². The Hall–Kier alpha value is -1.94. The molecule has 0 aliphatic carbocycles. The van der Waals surface area contributed by atoms with Crippen molar-refractivity contribution in [2.75, 3.05) is 26.1 Å². The molecule has 0 spiro atoms. The van der Waals surface area contributed by atoms with Gasteiger partial charge in [0.1, 0.15) is 11.6 Å². The minimum Gasteiger partial charge on any atom is -0.384 e. The zero-order valence-electron chi connectivity index (χ0n) is 10.7. The third-order valence-corrected chi connectivity index (χ3v) is 2.63. The average Bonchev–Trinajstić information content (AvgIpc) is 2.45. The summed E-state index contributed by atoms with van der Waals surface area (Å²) in [6.45, 7) is 0.626. The molecule has 2 rings (SSSR count). The maximum absolute atomic E-state index is 5.06. The standard InChI is InChI=1S/C14H17N3O/c1-15-14-10-12(11-6-4-3-5-7-11)16-13(17-14)8-9-18-2/h3-7,10H,8-9H2,1-2H3,(H,15,16,17). The third-order valence-electron chi connectivity index (χ3n) is 2.63. The Morgan fingerprint density at radius 3 is 2.61 bits per heavy atom. The highest BCUT2D eigenvalue weighted by molar-refractivity contribution is 5.62. The Morgan fingerprint density at radius 1 is 1.17 bits per heavy atom. The number of nitrogens with one attached hydrogen (secondary N) is 1. The fourth-order valence-corrected chi connectivity index (χ4v) is 1.69. The van der Waals surface area contributed by atoms with E-state index in [4.69, 9.17) is 4.74 Å². The molecule has 94 valence electrons. The SMILES string of the molecule is CNc1cc(-c2ccccc2)nc(CCOC)n1. The van der Waals surface area contributed by atoms with Crippen molar-refractivity contribution in [2.24, 2.45) is 0 Å². The number of hydrogen-bond donors (Lipinski definition) is 1. The highest BCUT2D eigenvalue weighted by Crippen LogP contribution is 2.19. The molecule has 1 aromatic carbocycles. The lowest BCUT2D eigenvalue weighted by molar-refractivity contribution is 0.200. The molecule has 4 heteroatoms. The van der Waals surface area contributed by atoms with Crippen LogP contribution in [0.2, 0.25) is 0 Å². The van der Waals surface area contributed by atoms with Crippen molar-refractivity contribution in [1.82, 2.24) is 9.97 Å². The minimum atomic E-state index is 0.626. The molecule has 0 unspecified atom stereocenters. The summed E-state index contributed by atoms with van der Waals surface area (Å²) in [4.78, 5) is 8.97. The van der Waals surface area contributed by atoms with Gasteiger partial charge in [-0.2, -0.15) is 0 Å². The molecule has 1 aromatic heterocycles. The number of ether oxygens (including phenoxy) is 1. The molecule has 1 N–H and O–H groups in total. The Balaban J connectivity index is 2.35. The van der Waals surface area contributed by atoms with E-state index in [9.17, 15) is 0 Å². The zero-order chi connectivity index (χ0) is 12.8. The van der Waals surface area contributed by atoms with Gasteiger partial charge in [0, 0.05) is 32.2 Å². The molecule has 0 aliphatic heterocycles. The summed E-state index contributed by atoms with van der Waals surface area (Å²) in [5.74, 6) is 1.62. The highest BCUT2D eigenvalue weighted by atomic mass is 16.5. The molecule has 2 aromatic rings. The molecule has 4 nitrogen and oxygen atoms in total. The van der Waals surface area contributed by atoms with Gasteiger partial charge in [-0.3, -0.25) is 0 Å². The van der Waals surface area contributed by atoms with E-state index in [1.54, 1.807) is 7.11 Å². The van der Waals surface area contributed by atoms with E-state index in [0.717, 1.165) is 22.9 Å². The molecule has 0 amide bonds. The molecule has 1 heterocycles. The van der Waals surface area contributed by atoms with Gasteiger partial charge in [0.2, 0.25) is 0 Å². The van der Waals surface area contributed by atoms with Crippen LogP contribution in [0.15, 0.2) is 36.4 Å². The van der Waals surface area contributed by atoms with E-state index in [2.05, 4.69) is 15.3 Å². The van der Waals surface area contributed by atoms with Crippen LogP contribution in [0.5, 0.6) is 0 Å². The van der Waals surface area contributed by atoms with Crippen LogP contribution < -0.4 is 5.32 Å². The summed E-state index contributed by atoms with van der Waals surface area (Å²) in [7, 11) is 3.54. The number of aromatic nitrogens is 2. The fourth-order valence-electron chi connectivity index (χ4n) is 1.69. The predicted octanol–water partition coefficient (Wildman–Crippen LogP) is 2.37. The molecule has 0 radical (unpaired) electrons. The molecule has 0 fully saturated rings. The Morgan fingerprint density at radius 2 is 1.94 bits per heavy atom. The molecule has 0 atom stereocenters. The first-order chi connectivity index (χ1) is 8.83. The number of rotatable bonds is 5. The van der Waals surface area contributed by atoms with Gasteiger partial charge in [0.25, 0.3) is 0 Å². The van der Waals surface area contributed by atoms with Gasteiger partial charge in [0.15, 0.2) is 0 Å². The van der Waals surface area contributed by atoms with E-state index in [0.29, 0.717) is 13.0 Å². The van der Waals surface area contributed by atoms with Gasteiger partial charge in [-0.15, -0.1) is 0 Å². The van der Waals surface area contributed by atoms with Gasteiger partial charge >= 0.3 is 0 Å². The number of nitrogens with zero attached hydrogens (tertiary/aromatic N) is 2. The zero-order valence-corrected chi connectivity index (χ0v) is 10.7. The Bertz CT molecular complexity index is 500. The fraction of sp³-hybridized carbons (Fsp3) is 0.286. The maximum atomic E-state index is 5.06. The summed E-state index contributed by atoms with van der Waals surface area (Å²) in [6.07, 6.45) is 0.714. The van der Waals surface area contributed by atoms with Gasteiger partial charge in [-0.1, -0.05) is 30.3 Å². The van der Waals surface area contributed by atoms with Crippen LogP contribution >= 0.6 is 0 Å². The van der Waals surface area contributed by atoms with Crippen LogP contribution in [0.4, 0.5) is 5.82 Å². The summed E-state index contributed by atoms with van der Waals surface area (Å²) >= 11 is 0. The topological polar surface area (TPSA) is 47.0 Å². The quantitative estimate of drug-likeness (QED) is 0.875. The van der Waals surface area contributed by atoms with E-state index in [-0.39, 0.29) is 0 Å². The second-order valence-corrected chi connectivity index (χ2v) is 3.91. The van der Waals surface area contributed by atoms with Crippen molar-refractivity contribution in [3.05, 3.63) is 42.2 Å². The minimum absolute atomic E-state index is 0.626. The number of benzene rings is 1. The molecule has 18 heavy (non-hydrogen) atoms. The van der Waals surface area contributed by atoms with Crippen LogP contribution in [0, 0.1) is 0 Å². The van der Waals surface area contributed by atoms with Gasteiger partial charge in [0.05, 0.1) is 12.3 Å². The Labute approximate surface area is 107 Å². The van der Waals surface area contributed by atoms with Crippen LogP contribution in [-0.2, 0) is 11.2 Å². The van der Waals surface area contributed by atoms with Crippen molar-refractivity contribution >= 4 is 5.82 Å². The van der Waals surface area contributed by atoms with Crippen LogP contribution in [0.1, 0.15) is 5.82 Å². The highest BCUT2D eigenvalue weighted by Gasteiger charge is 2.05. The van der Waals surface area contributed by atoms with Gasteiger partial charge in [-0.05, 0) is 0 Å². The van der Waals surface area contributed by atoms with E-state index in [1.165, 1.54) is 0 Å². The molecule has 0 saturated carbocycles.